The third-order valence-corrected chi connectivity index (χ3v) is 5.26. The molecule has 0 aromatic carbocycles. The molecule has 0 saturated carbocycles. The van der Waals surface area contributed by atoms with E-state index in [-0.39, 0.29) is 30.5 Å². The fraction of sp³-hybridized carbons (Fsp3) is 0.833. The predicted octanol–water partition coefficient (Wildman–Crippen LogP) is 1.15. The van der Waals surface area contributed by atoms with Gasteiger partial charge in [0.25, 0.3) is 0 Å². The Morgan fingerprint density at radius 2 is 2.00 bits per heavy atom. The van der Waals surface area contributed by atoms with Gasteiger partial charge in [-0.05, 0) is 11.8 Å². The van der Waals surface area contributed by atoms with E-state index in [4.69, 9.17) is 9.89 Å². The van der Waals surface area contributed by atoms with Gasteiger partial charge in [-0.3, -0.25) is 14.4 Å². The van der Waals surface area contributed by atoms with Gasteiger partial charge in [0.05, 0.1) is 12.2 Å². The molecule has 0 bridgehead atoms. The molecule has 2 unspecified atom stereocenters. The van der Waals surface area contributed by atoms with Gasteiger partial charge >= 0.3 is 5.97 Å². The van der Waals surface area contributed by atoms with Crippen molar-refractivity contribution in [1.29, 1.82) is 4.78 Å². The number of carbonyl (C=O) groups is 2. The number of hydrogen-bond acceptors (Lipinski definition) is 4. The summed E-state index contributed by atoms with van der Waals surface area (Å²) in [6.45, 7) is 3.49. The van der Waals surface area contributed by atoms with E-state index in [2.05, 4.69) is 0 Å². The lowest BCUT2D eigenvalue weighted by atomic mass is 9.85. The summed E-state index contributed by atoms with van der Waals surface area (Å²) in [5, 5.41) is 8.79. The van der Waals surface area contributed by atoms with Crippen molar-refractivity contribution in [2.45, 2.75) is 39.2 Å². The van der Waals surface area contributed by atoms with Crippen molar-refractivity contribution in [3.8, 4) is 0 Å². The Hall–Kier alpha value is -1.11. The van der Waals surface area contributed by atoms with Crippen LogP contribution in [-0.4, -0.2) is 50.7 Å². The monoisotopic (exact) mass is 290 g/mol. The minimum atomic E-state index is -2.52. The summed E-state index contributed by atoms with van der Waals surface area (Å²) in [7, 11) is -0.881. The van der Waals surface area contributed by atoms with Crippen LogP contribution in [0.4, 0.5) is 0 Å². The number of carbonyl (C=O) groups excluding carboxylic acids is 1. The second kappa shape index (κ2) is 5.48. The Bertz CT molecular complexity index is 470. The van der Waals surface area contributed by atoms with Gasteiger partial charge in [-0.25, -0.2) is 4.21 Å². The average Bonchev–Trinajstić information content (AvgIpc) is 2.54. The molecule has 0 aromatic heterocycles. The second-order valence-corrected chi connectivity index (χ2v) is 8.41. The zero-order chi connectivity index (χ0) is 14.8. The Balaban J connectivity index is 2.61. The summed E-state index contributed by atoms with van der Waals surface area (Å²) in [6.07, 6.45) is 0.669. The topological polar surface area (TPSA) is 98.5 Å². The van der Waals surface area contributed by atoms with Crippen molar-refractivity contribution in [2.24, 2.45) is 5.41 Å². The first kappa shape index (κ1) is 15.9. The zero-order valence-electron chi connectivity index (χ0n) is 11.6. The largest absolute Gasteiger partial charge is 0.481 e. The Morgan fingerprint density at radius 3 is 2.42 bits per heavy atom. The first-order valence-corrected chi connectivity index (χ1v) is 8.14. The highest BCUT2D eigenvalue weighted by molar-refractivity contribution is 7.92. The van der Waals surface area contributed by atoms with E-state index in [0.717, 1.165) is 0 Å². The zero-order valence-corrected chi connectivity index (χ0v) is 12.5. The molecule has 1 aliphatic heterocycles. The Labute approximate surface area is 114 Å². The molecule has 19 heavy (non-hydrogen) atoms. The molecule has 0 spiro atoms. The van der Waals surface area contributed by atoms with Gasteiger partial charge in [0, 0.05) is 35.0 Å². The first-order valence-electron chi connectivity index (χ1n) is 6.24. The summed E-state index contributed by atoms with van der Waals surface area (Å²) in [6, 6.07) is -0.155. The quantitative estimate of drug-likeness (QED) is 0.793. The molecule has 2 N–H and O–H groups in total. The number of nitrogens with one attached hydrogen (secondary N) is 1. The molecule has 1 fully saturated rings. The van der Waals surface area contributed by atoms with Gasteiger partial charge in [-0.1, -0.05) is 13.8 Å². The van der Waals surface area contributed by atoms with Gasteiger partial charge in [-0.2, -0.15) is 0 Å². The molecule has 1 saturated heterocycles. The van der Waals surface area contributed by atoms with Crippen molar-refractivity contribution in [1.82, 2.24) is 4.90 Å². The number of carboxylic acids is 1. The third-order valence-electron chi connectivity index (χ3n) is 3.44. The smallest absolute Gasteiger partial charge is 0.303 e. The second-order valence-electron chi connectivity index (χ2n) is 6.04. The molecule has 1 amide bonds. The van der Waals surface area contributed by atoms with E-state index in [9.17, 15) is 13.8 Å². The van der Waals surface area contributed by atoms with Crippen LogP contribution in [0.15, 0.2) is 0 Å². The molecule has 1 rings (SSSR count). The third kappa shape index (κ3) is 4.81. The molecule has 7 heteroatoms. The molecule has 110 valence electrons. The maximum atomic E-state index is 12.1. The van der Waals surface area contributed by atoms with Crippen molar-refractivity contribution in [3.05, 3.63) is 0 Å². The standard InChI is InChI=1S/C12H22N2O4S/c1-12(2,7-11(16)17)6-10(15)14(3)9-4-5-19(13,18)8-9/h9,13H,4-8H2,1-3H3,(H,16,17). The molecule has 6 nitrogen and oxygen atoms in total. The van der Waals surface area contributed by atoms with Gasteiger partial charge in [0.1, 0.15) is 0 Å². The van der Waals surface area contributed by atoms with E-state index in [0.29, 0.717) is 12.2 Å². The Morgan fingerprint density at radius 1 is 1.42 bits per heavy atom. The SMILES string of the molecule is CN(C(=O)CC(C)(C)CC(=O)O)C1CCS(=N)(=O)C1. The number of rotatable bonds is 5. The lowest BCUT2D eigenvalue weighted by Gasteiger charge is -2.28. The summed E-state index contributed by atoms with van der Waals surface area (Å²) in [4.78, 5) is 24.4. The Kier molecular flexibility index (Phi) is 4.60. The number of hydrogen-bond donors (Lipinski definition) is 2. The fourth-order valence-corrected chi connectivity index (χ4v) is 4.15. The van der Waals surface area contributed by atoms with E-state index >= 15 is 0 Å². The molecule has 0 aliphatic carbocycles. The highest BCUT2D eigenvalue weighted by atomic mass is 32.2. The highest BCUT2D eigenvalue weighted by Gasteiger charge is 2.33. The van der Waals surface area contributed by atoms with Crippen LogP contribution in [-0.2, 0) is 19.3 Å². The number of aliphatic carboxylic acids is 1. The number of nitrogens with zero attached hydrogens (tertiary/aromatic N) is 1. The molecular weight excluding hydrogens is 268 g/mol. The molecule has 1 aliphatic rings. The predicted molar refractivity (Wildman–Crippen MR) is 72.4 cm³/mol. The lowest BCUT2D eigenvalue weighted by molar-refractivity contribution is -0.140. The summed E-state index contributed by atoms with van der Waals surface area (Å²) in [5.41, 5.74) is -0.599. The molecule has 2 atom stereocenters. The van der Waals surface area contributed by atoms with Crippen molar-refractivity contribution < 1.29 is 18.9 Å². The maximum absolute atomic E-state index is 12.1. The van der Waals surface area contributed by atoms with Gasteiger partial charge in [0.2, 0.25) is 5.91 Å². The molecule has 1 heterocycles. The van der Waals surface area contributed by atoms with E-state index < -0.39 is 21.1 Å². The van der Waals surface area contributed by atoms with Gasteiger partial charge in [-0.15, -0.1) is 0 Å². The van der Waals surface area contributed by atoms with Gasteiger partial charge in [0.15, 0.2) is 0 Å². The van der Waals surface area contributed by atoms with Crippen LogP contribution in [0, 0.1) is 10.2 Å². The molecular formula is C12H22N2O4S. The van der Waals surface area contributed by atoms with Crippen molar-refractivity contribution in [2.75, 3.05) is 18.6 Å². The van der Waals surface area contributed by atoms with E-state index in [1.165, 1.54) is 4.90 Å². The fourth-order valence-electron chi connectivity index (χ4n) is 2.32. The van der Waals surface area contributed by atoms with Crippen LogP contribution in [0.3, 0.4) is 0 Å². The molecule has 0 radical (unpaired) electrons. The van der Waals surface area contributed by atoms with Crippen LogP contribution in [0.25, 0.3) is 0 Å². The normalized spacial score (nSPS) is 27.2. The number of carboxylic acid groups (broad SMARTS) is 1. The molecule has 0 aromatic rings. The van der Waals surface area contributed by atoms with Crippen LogP contribution in [0.5, 0.6) is 0 Å². The first-order chi connectivity index (χ1) is 8.52. The lowest BCUT2D eigenvalue weighted by Crippen LogP contribution is -2.40. The van der Waals surface area contributed by atoms with E-state index in [1.54, 1.807) is 20.9 Å². The van der Waals surface area contributed by atoms with Crippen LogP contribution >= 0.6 is 0 Å². The minimum Gasteiger partial charge on any atom is -0.481 e. The summed E-state index contributed by atoms with van der Waals surface area (Å²) >= 11 is 0. The van der Waals surface area contributed by atoms with Crippen LogP contribution in [0.2, 0.25) is 0 Å². The van der Waals surface area contributed by atoms with Crippen molar-refractivity contribution in [3.63, 3.8) is 0 Å². The van der Waals surface area contributed by atoms with Crippen LogP contribution < -0.4 is 0 Å². The highest BCUT2D eigenvalue weighted by Crippen LogP contribution is 2.27. The average molecular weight is 290 g/mol. The summed E-state index contributed by atoms with van der Waals surface area (Å²) < 4.78 is 19.1. The minimum absolute atomic E-state index is 0.0631. The van der Waals surface area contributed by atoms with Crippen LogP contribution in [0.1, 0.15) is 33.1 Å². The summed E-state index contributed by atoms with van der Waals surface area (Å²) in [5.74, 6) is -0.494. The van der Waals surface area contributed by atoms with E-state index in [1.807, 2.05) is 0 Å². The van der Waals surface area contributed by atoms with Crippen molar-refractivity contribution >= 4 is 21.6 Å². The van der Waals surface area contributed by atoms with Gasteiger partial charge < -0.3 is 10.0 Å². The number of amides is 1. The maximum Gasteiger partial charge on any atom is 0.303 e.